The molecule has 1 atom stereocenters. The van der Waals surface area contributed by atoms with E-state index in [1.165, 1.54) is 0 Å². The summed E-state index contributed by atoms with van der Waals surface area (Å²) in [6.45, 7) is 7.00. The number of methoxy groups -OCH3 is 1. The number of nitrogens with zero attached hydrogens (tertiary/aromatic N) is 1. The zero-order valence-corrected chi connectivity index (χ0v) is 14.4. The van der Waals surface area contributed by atoms with Gasteiger partial charge in [-0.2, -0.15) is 11.8 Å². The summed E-state index contributed by atoms with van der Waals surface area (Å²) in [4.78, 5) is 13.9. The molecule has 0 aliphatic carbocycles. The number of carbonyl (C=O) groups is 1. The summed E-state index contributed by atoms with van der Waals surface area (Å²) in [5, 5.41) is 3.54. The van der Waals surface area contributed by atoms with Gasteiger partial charge in [0.25, 0.3) is 0 Å². The van der Waals surface area contributed by atoms with Gasteiger partial charge in [-0.15, -0.1) is 0 Å². The van der Waals surface area contributed by atoms with Crippen LogP contribution in [-0.2, 0) is 0 Å². The highest BCUT2D eigenvalue weighted by atomic mass is 32.2. The smallest absolute Gasteiger partial charge is 0.317 e. The van der Waals surface area contributed by atoms with Gasteiger partial charge in [0.15, 0.2) is 0 Å². The SMILES string of the molecule is COc1ccccc1[C@@H](C)N(C)C(=O)NCCSC(C)C. The van der Waals surface area contributed by atoms with Crippen molar-refractivity contribution in [3.05, 3.63) is 29.8 Å². The van der Waals surface area contributed by atoms with Gasteiger partial charge in [0.1, 0.15) is 5.75 Å². The number of carbonyl (C=O) groups excluding carboxylic acids is 1. The second-order valence-corrected chi connectivity index (χ2v) is 6.86. The average molecular weight is 310 g/mol. The number of para-hydroxylation sites is 1. The molecule has 0 aliphatic heterocycles. The molecule has 0 saturated heterocycles. The molecule has 0 bridgehead atoms. The molecular weight excluding hydrogens is 284 g/mol. The van der Waals surface area contributed by atoms with E-state index >= 15 is 0 Å². The maximum Gasteiger partial charge on any atom is 0.317 e. The molecule has 0 aliphatic rings. The molecule has 2 amide bonds. The Morgan fingerprint density at radius 2 is 2.00 bits per heavy atom. The van der Waals surface area contributed by atoms with Crippen molar-refractivity contribution in [3.63, 3.8) is 0 Å². The molecule has 0 saturated carbocycles. The summed E-state index contributed by atoms with van der Waals surface area (Å²) >= 11 is 1.84. The van der Waals surface area contributed by atoms with Crippen LogP contribution in [0.4, 0.5) is 4.79 Å². The lowest BCUT2D eigenvalue weighted by Gasteiger charge is -2.26. The molecule has 1 aromatic carbocycles. The maximum atomic E-state index is 12.2. The Kier molecular flexibility index (Phi) is 7.43. The monoisotopic (exact) mass is 310 g/mol. The first kappa shape index (κ1) is 17.7. The minimum absolute atomic E-state index is 0.0427. The van der Waals surface area contributed by atoms with Gasteiger partial charge in [-0.25, -0.2) is 4.79 Å². The highest BCUT2D eigenvalue weighted by Gasteiger charge is 2.19. The first-order valence-electron chi connectivity index (χ1n) is 7.22. The molecule has 0 aromatic heterocycles. The Hall–Kier alpha value is -1.36. The van der Waals surface area contributed by atoms with Crippen molar-refractivity contribution in [1.29, 1.82) is 0 Å². The van der Waals surface area contributed by atoms with Crippen molar-refractivity contribution in [1.82, 2.24) is 10.2 Å². The molecule has 4 nitrogen and oxygen atoms in total. The van der Waals surface area contributed by atoms with Crippen LogP contribution in [0.3, 0.4) is 0 Å². The van der Waals surface area contributed by atoms with Crippen molar-refractivity contribution in [2.75, 3.05) is 26.5 Å². The zero-order valence-electron chi connectivity index (χ0n) is 13.6. The Morgan fingerprint density at radius 3 is 2.62 bits per heavy atom. The molecular formula is C16H26N2O2S. The number of hydrogen-bond acceptors (Lipinski definition) is 3. The number of nitrogens with one attached hydrogen (secondary N) is 1. The van der Waals surface area contributed by atoms with E-state index in [9.17, 15) is 4.79 Å². The number of amides is 2. The van der Waals surface area contributed by atoms with Gasteiger partial charge in [-0.05, 0) is 18.2 Å². The molecule has 0 fully saturated rings. The second-order valence-electron chi connectivity index (χ2n) is 5.18. The lowest BCUT2D eigenvalue weighted by atomic mass is 10.1. The fourth-order valence-corrected chi connectivity index (χ4v) is 2.66. The largest absolute Gasteiger partial charge is 0.496 e. The van der Waals surface area contributed by atoms with E-state index in [0.29, 0.717) is 11.8 Å². The molecule has 118 valence electrons. The van der Waals surface area contributed by atoms with Crippen LogP contribution >= 0.6 is 11.8 Å². The fourth-order valence-electron chi connectivity index (χ4n) is 1.97. The quantitative estimate of drug-likeness (QED) is 0.783. The van der Waals surface area contributed by atoms with Gasteiger partial charge >= 0.3 is 6.03 Å². The average Bonchev–Trinajstić information content (AvgIpc) is 2.49. The Morgan fingerprint density at radius 1 is 1.33 bits per heavy atom. The summed E-state index contributed by atoms with van der Waals surface area (Å²) in [5.74, 6) is 1.74. The normalized spacial score (nSPS) is 12.1. The number of hydrogen-bond donors (Lipinski definition) is 1. The predicted octanol–water partition coefficient (Wildman–Crippen LogP) is 3.54. The van der Waals surface area contributed by atoms with Crippen molar-refractivity contribution in [3.8, 4) is 5.75 Å². The van der Waals surface area contributed by atoms with Gasteiger partial charge in [-0.1, -0.05) is 32.0 Å². The minimum Gasteiger partial charge on any atom is -0.496 e. The maximum absolute atomic E-state index is 12.2. The van der Waals surface area contributed by atoms with Crippen LogP contribution in [0.2, 0.25) is 0 Å². The first-order valence-corrected chi connectivity index (χ1v) is 8.27. The summed E-state index contributed by atoms with van der Waals surface area (Å²) < 4.78 is 5.36. The summed E-state index contributed by atoms with van der Waals surface area (Å²) in [7, 11) is 3.46. The Bertz CT molecular complexity index is 452. The number of benzene rings is 1. The minimum atomic E-state index is -0.0576. The summed E-state index contributed by atoms with van der Waals surface area (Å²) in [6.07, 6.45) is 0. The first-order chi connectivity index (χ1) is 9.97. The fraction of sp³-hybridized carbons (Fsp3) is 0.562. The van der Waals surface area contributed by atoms with Crippen LogP contribution in [0, 0.1) is 0 Å². The molecule has 0 radical (unpaired) electrons. The predicted molar refractivity (Wildman–Crippen MR) is 90.2 cm³/mol. The molecule has 0 spiro atoms. The van der Waals surface area contributed by atoms with E-state index in [1.54, 1.807) is 12.0 Å². The summed E-state index contributed by atoms with van der Waals surface area (Å²) in [5.41, 5.74) is 1.01. The standard InChI is InChI=1S/C16H26N2O2S/c1-12(2)21-11-10-17-16(19)18(4)13(3)14-8-6-7-9-15(14)20-5/h6-9,12-13H,10-11H2,1-5H3,(H,17,19)/t13-/m1/s1. The summed E-state index contributed by atoms with van der Waals surface area (Å²) in [6, 6.07) is 7.69. The molecule has 5 heteroatoms. The highest BCUT2D eigenvalue weighted by Crippen LogP contribution is 2.27. The van der Waals surface area contributed by atoms with Crippen LogP contribution in [0.25, 0.3) is 0 Å². The van der Waals surface area contributed by atoms with E-state index in [2.05, 4.69) is 19.2 Å². The molecule has 0 heterocycles. The lowest BCUT2D eigenvalue weighted by molar-refractivity contribution is 0.194. The van der Waals surface area contributed by atoms with Crippen LogP contribution < -0.4 is 10.1 Å². The third-order valence-electron chi connectivity index (χ3n) is 3.32. The van der Waals surface area contributed by atoms with Crippen LogP contribution in [0.5, 0.6) is 5.75 Å². The molecule has 1 N–H and O–H groups in total. The van der Waals surface area contributed by atoms with Crippen molar-refractivity contribution in [2.24, 2.45) is 0 Å². The number of ether oxygens (including phenoxy) is 1. The molecule has 1 aromatic rings. The molecule has 21 heavy (non-hydrogen) atoms. The van der Waals surface area contributed by atoms with E-state index in [-0.39, 0.29) is 12.1 Å². The number of thioether (sulfide) groups is 1. The van der Waals surface area contributed by atoms with E-state index < -0.39 is 0 Å². The topological polar surface area (TPSA) is 41.6 Å². The van der Waals surface area contributed by atoms with Gasteiger partial charge in [-0.3, -0.25) is 0 Å². The highest BCUT2D eigenvalue weighted by molar-refractivity contribution is 7.99. The van der Waals surface area contributed by atoms with Crippen LogP contribution in [-0.4, -0.2) is 42.6 Å². The zero-order chi connectivity index (χ0) is 15.8. The number of urea groups is 1. The molecule has 1 rings (SSSR count). The van der Waals surface area contributed by atoms with E-state index in [4.69, 9.17) is 4.74 Å². The second kappa shape index (κ2) is 8.82. The van der Waals surface area contributed by atoms with Gasteiger partial charge in [0.05, 0.1) is 13.2 Å². The van der Waals surface area contributed by atoms with Gasteiger partial charge in [0, 0.05) is 24.9 Å². The molecule has 0 unspecified atom stereocenters. The van der Waals surface area contributed by atoms with Crippen molar-refractivity contribution < 1.29 is 9.53 Å². The number of rotatable bonds is 7. The van der Waals surface area contributed by atoms with Crippen molar-refractivity contribution >= 4 is 17.8 Å². The van der Waals surface area contributed by atoms with E-state index in [0.717, 1.165) is 17.1 Å². The third-order valence-corrected chi connectivity index (χ3v) is 4.43. The van der Waals surface area contributed by atoms with Crippen LogP contribution in [0.1, 0.15) is 32.4 Å². The Labute approximate surface area is 132 Å². The Balaban J connectivity index is 2.56. The third kappa shape index (κ3) is 5.50. The van der Waals surface area contributed by atoms with Gasteiger partial charge < -0.3 is 15.0 Å². The lowest BCUT2D eigenvalue weighted by Crippen LogP contribution is -2.39. The van der Waals surface area contributed by atoms with Gasteiger partial charge in [0.2, 0.25) is 0 Å². The van der Waals surface area contributed by atoms with Crippen LogP contribution in [0.15, 0.2) is 24.3 Å². The van der Waals surface area contributed by atoms with E-state index in [1.807, 2.05) is 50.0 Å². The van der Waals surface area contributed by atoms with Crippen molar-refractivity contribution in [2.45, 2.75) is 32.1 Å².